The second kappa shape index (κ2) is 7.99. The van der Waals surface area contributed by atoms with Gasteiger partial charge in [0.25, 0.3) is 0 Å². The Morgan fingerprint density at radius 2 is 2.00 bits per heavy atom. The lowest BCUT2D eigenvalue weighted by Gasteiger charge is -2.17. The second-order valence-corrected chi connectivity index (χ2v) is 6.44. The molecule has 0 amide bonds. The van der Waals surface area contributed by atoms with E-state index in [0.717, 1.165) is 6.42 Å². The maximum atomic E-state index is 11.6. The number of nitrogens with two attached hydrogens (primary N) is 1. The van der Waals surface area contributed by atoms with E-state index < -0.39 is 16.0 Å². The van der Waals surface area contributed by atoms with Crippen molar-refractivity contribution in [1.29, 1.82) is 0 Å². The number of carbonyl (C=O) groups excluding carboxylic acids is 1. The van der Waals surface area contributed by atoms with E-state index in [-0.39, 0.29) is 18.3 Å². The second-order valence-electron chi connectivity index (χ2n) is 4.78. The lowest BCUT2D eigenvalue weighted by atomic mass is 10.1. The van der Waals surface area contributed by atoms with Gasteiger partial charge in [-0.1, -0.05) is 25.5 Å². The van der Waals surface area contributed by atoms with Crippen molar-refractivity contribution in [2.45, 2.75) is 19.8 Å². The molecular formula is C14H21NO5S. The highest BCUT2D eigenvalue weighted by molar-refractivity contribution is 7.89. The Morgan fingerprint density at radius 3 is 2.57 bits per heavy atom. The molecule has 1 rings (SSSR count). The number of hydrogen-bond acceptors (Lipinski definition) is 5. The van der Waals surface area contributed by atoms with E-state index in [0.29, 0.717) is 17.7 Å². The Bertz CT molecular complexity index is 570. The number of ether oxygens (including phenoxy) is 2. The summed E-state index contributed by atoms with van der Waals surface area (Å²) in [5.41, 5.74) is 0.311. The average Bonchev–Trinajstić information content (AvgIpc) is 2.43. The van der Waals surface area contributed by atoms with Gasteiger partial charge in [-0.25, -0.2) is 18.4 Å². The molecule has 1 unspecified atom stereocenters. The van der Waals surface area contributed by atoms with Crippen LogP contribution in [0.2, 0.25) is 0 Å². The van der Waals surface area contributed by atoms with Gasteiger partial charge < -0.3 is 9.47 Å². The van der Waals surface area contributed by atoms with E-state index in [4.69, 9.17) is 9.88 Å². The third-order valence-electron chi connectivity index (χ3n) is 2.93. The quantitative estimate of drug-likeness (QED) is 0.734. The lowest BCUT2D eigenvalue weighted by Crippen LogP contribution is -2.27. The number of esters is 1. The fourth-order valence-electron chi connectivity index (χ4n) is 2.03. The van der Waals surface area contributed by atoms with Gasteiger partial charge in [-0.3, -0.25) is 0 Å². The Labute approximate surface area is 125 Å². The molecule has 0 aliphatic rings. The zero-order valence-corrected chi connectivity index (χ0v) is 13.1. The molecule has 21 heavy (non-hydrogen) atoms. The van der Waals surface area contributed by atoms with E-state index in [1.54, 1.807) is 24.3 Å². The molecule has 0 heterocycles. The van der Waals surface area contributed by atoms with E-state index in [9.17, 15) is 13.2 Å². The number of rotatable bonds is 8. The molecule has 7 heteroatoms. The van der Waals surface area contributed by atoms with Crippen molar-refractivity contribution in [3.63, 3.8) is 0 Å². The molecule has 0 saturated carbocycles. The first-order chi connectivity index (χ1) is 9.87. The molecule has 2 N–H and O–H groups in total. The van der Waals surface area contributed by atoms with Gasteiger partial charge in [-0.05, 0) is 18.6 Å². The van der Waals surface area contributed by atoms with Crippen LogP contribution >= 0.6 is 0 Å². The van der Waals surface area contributed by atoms with Crippen molar-refractivity contribution in [2.24, 2.45) is 11.1 Å². The van der Waals surface area contributed by atoms with Gasteiger partial charge in [0.2, 0.25) is 10.0 Å². The van der Waals surface area contributed by atoms with Crippen molar-refractivity contribution < 1.29 is 22.7 Å². The maximum absolute atomic E-state index is 11.6. The van der Waals surface area contributed by atoms with Crippen LogP contribution in [0.25, 0.3) is 0 Å². The third kappa shape index (κ3) is 6.14. The maximum Gasteiger partial charge on any atom is 0.341 e. The number of carbonyl (C=O) groups is 1. The summed E-state index contributed by atoms with van der Waals surface area (Å²) in [6.45, 7) is 2.14. The molecule has 1 atom stereocenters. The average molecular weight is 315 g/mol. The summed E-state index contributed by atoms with van der Waals surface area (Å²) in [5, 5.41) is 5.08. The monoisotopic (exact) mass is 315 g/mol. The van der Waals surface area contributed by atoms with Crippen LogP contribution in [-0.2, 0) is 14.8 Å². The van der Waals surface area contributed by atoms with E-state index in [1.165, 1.54) is 7.11 Å². The molecule has 6 nitrogen and oxygen atoms in total. The van der Waals surface area contributed by atoms with Crippen LogP contribution in [-0.4, -0.2) is 33.9 Å². The van der Waals surface area contributed by atoms with E-state index in [2.05, 4.69) is 4.74 Å². The molecule has 0 saturated heterocycles. The molecule has 0 bridgehead atoms. The van der Waals surface area contributed by atoms with E-state index >= 15 is 0 Å². The number of hydrogen-bond donors (Lipinski definition) is 1. The van der Waals surface area contributed by atoms with Gasteiger partial charge in [0.1, 0.15) is 11.3 Å². The topological polar surface area (TPSA) is 95.7 Å². The summed E-state index contributed by atoms with van der Waals surface area (Å²) in [5.74, 6) is -0.471. The highest BCUT2D eigenvalue weighted by atomic mass is 32.2. The van der Waals surface area contributed by atoms with Crippen LogP contribution in [0, 0.1) is 5.92 Å². The summed E-state index contributed by atoms with van der Waals surface area (Å²) < 4.78 is 32.7. The van der Waals surface area contributed by atoms with Crippen LogP contribution < -0.4 is 9.88 Å². The van der Waals surface area contributed by atoms with Gasteiger partial charge in [-0.2, -0.15) is 0 Å². The third-order valence-corrected chi connectivity index (χ3v) is 3.87. The molecule has 0 fully saturated rings. The van der Waals surface area contributed by atoms with Gasteiger partial charge in [0, 0.05) is 5.92 Å². The number of sulfonamides is 1. The van der Waals surface area contributed by atoms with Gasteiger partial charge in [0.15, 0.2) is 0 Å². The summed E-state index contributed by atoms with van der Waals surface area (Å²) >= 11 is 0. The Kier molecular flexibility index (Phi) is 6.64. The van der Waals surface area contributed by atoms with Gasteiger partial charge in [0.05, 0.1) is 19.5 Å². The van der Waals surface area contributed by atoms with Crippen molar-refractivity contribution in [3.05, 3.63) is 29.8 Å². The number of para-hydroxylation sites is 1. The summed E-state index contributed by atoms with van der Waals surface area (Å²) in [4.78, 5) is 11.6. The van der Waals surface area contributed by atoms with E-state index in [1.807, 2.05) is 6.92 Å². The smallest absolute Gasteiger partial charge is 0.341 e. The zero-order valence-electron chi connectivity index (χ0n) is 12.2. The molecule has 118 valence electrons. The van der Waals surface area contributed by atoms with Crippen molar-refractivity contribution in [3.8, 4) is 5.75 Å². The number of methoxy groups -OCH3 is 1. The molecule has 0 radical (unpaired) electrons. The lowest BCUT2D eigenvalue weighted by molar-refractivity contribution is 0.0595. The molecule has 0 aromatic heterocycles. The summed E-state index contributed by atoms with van der Waals surface area (Å²) in [6, 6.07) is 6.67. The minimum atomic E-state index is -3.55. The molecule has 0 aliphatic heterocycles. The van der Waals surface area contributed by atoms with Crippen LogP contribution in [0.5, 0.6) is 5.75 Å². The zero-order chi connectivity index (χ0) is 15.9. The normalized spacial score (nSPS) is 12.7. The van der Waals surface area contributed by atoms with Crippen LogP contribution in [0.4, 0.5) is 0 Å². The van der Waals surface area contributed by atoms with Crippen molar-refractivity contribution >= 4 is 16.0 Å². The Balaban J connectivity index is 2.78. The highest BCUT2D eigenvalue weighted by Crippen LogP contribution is 2.20. The molecule has 0 spiro atoms. The standard InChI is InChI=1S/C14H21NO5S/c1-3-6-11(10-21(15,17)18)9-20-13-8-5-4-7-12(13)14(16)19-2/h4-5,7-8,11H,3,6,9-10H2,1-2H3,(H2,15,17,18). The molecular weight excluding hydrogens is 294 g/mol. The molecule has 1 aromatic carbocycles. The first-order valence-electron chi connectivity index (χ1n) is 6.68. The summed E-state index contributed by atoms with van der Waals surface area (Å²) in [7, 11) is -2.26. The van der Waals surface area contributed by atoms with Crippen LogP contribution in [0.15, 0.2) is 24.3 Å². The minimum absolute atomic E-state index is 0.138. The highest BCUT2D eigenvalue weighted by Gasteiger charge is 2.18. The first kappa shape index (κ1) is 17.5. The van der Waals surface area contributed by atoms with Crippen molar-refractivity contribution in [1.82, 2.24) is 0 Å². The van der Waals surface area contributed by atoms with Crippen LogP contribution in [0.3, 0.4) is 0 Å². The van der Waals surface area contributed by atoms with Crippen molar-refractivity contribution in [2.75, 3.05) is 19.5 Å². The SMILES string of the molecule is CCCC(COc1ccccc1C(=O)OC)CS(N)(=O)=O. The number of primary sulfonamides is 1. The van der Waals surface area contributed by atoms with Crippen LogP contribution in [0.1, 0.15) is 30.1 Å². The Hall–Kier alpha value is -1.60. The fourth-order valence-corrected chi connectivity index (χ4v) is 2.95. The largest absolute Gasteiger partial charge is 0.492 e. The van der Waals surface area contributed by atoms with Gasteiger partial charge in [-0.15, -0.1) is 0 Å². The predicted molar refractivity (Wildman–Crippen MR) is 79.6 cm³/mol. The Morgan fingerprint density at radius 1 is 1.33 bits per heavy atom. The fraction of sp³-hybridized carbons (Fsp3) is 0.500. The molecule has 1 aromatic rings. The number of benzene rings is 1. The van der Waals surface area contributed by atoms with Gasteiger partial charge >= 0.3 is 5.97 Å². The minimum Gasteiger partial charge on any atom is -0.492 e. The summed E-state index contributed by atoms with van der Waals surface area (Å²) in [6.07, 6.45) is 1.50. The predicted octanol–water partition coefficient (Wildman–Crippen LogP) is 1.56. The molecule has 0 aliphatic carbocycles. The first-order valence-corrected chi connectivity index (χ1v) is 8.39.